The first-order valence-corrected chi connectivity index (χ1v) is 14.1. The van der Waals surface area contributed by atoms with Gasteiger partial charge < -0.3 is 20.4 Å². The van der Waals surface area contributed by atoms with Crippen LogP contribution in [0.5, 0.6) is 0 Å². The van der Waals surface area contributed by atoms with Crippen LogP contribution >= 0.6 is 12.6 Å². The Bertz CT molecular complexity index is 1240. The number of Topliss-reactive ketones (excluding diaryl/α,β-unsaturated/α-hetero) is 1. The van der Waals surface area contributed by atoms with Crippen LogP contribution in [0, 0.1) is 5.41 Å². The molecule has 2 aliphatic rings. The number of rotatable bonds is 7. The van der Waals surface area contributed by atoms with E-state index in [0.717, 1.165) is 36.9 Å². The molecule has 0 bridgehead atoms. The molecule has 9 heteroatoms. The maximum atomic E-state index is 14.0. The number of carbonyl (C=O) groups excluding carboxylic acids is 4. The Kier molecular flexibility index (Phi) is 9.00. The number of anilines is 3. The van der Waals surface area contributed by atoms with Crippen molar-refractivity contribution in [3.8, 4) is 0 Å². The largest absolute Gasteiger partial charge is 0.364 e. The maximum Gasteiger partial charge on any atom is 0.319 e. The Labute approximate surface area is 235 Å². The minimum Gasteiger partial charge on any atom is -0.364 e. The molecule has 4 rings (SSSR count). The molecule has 2 N–H and O–H groups in total. The number of nitrogens with zero attached hydrogens (tertiary/aromatic N) is 2. The molecule has 1 atom stereocenters. The highest BCUT2D eigenvalue weighted by atomic mass is 32.1. The summed E-state index contributed by atoms with van der Waals surface area (Å²) in [6.45, 7) is 5.77. The average Bonchev–Trinajstić information content (AvgIpc) is 2.99. The number of amides is 3. The van der Waals surface area contributed by atoms with Crippen LogP contribution in [0.15, 0.2) is 48.5 Å². The summed E-state index contributed by atoms with van der Waals surface area (Å²) in [7, 11) is 0. The molecule has 39 heavy (non-hydrogen) atoms. The van der Waals surface area contributed by atoms with Crippen LogP contribution in [-0.2, 0) is 20.8 Å². The molecule has 0 aromatic heterocycles. The van der Waals surface area contributed by atoms with Crippen molar-refractivity contribution in [1.29, 1.82) is 0 Å². The molecular formula is C30H38N4O4S. The van der Waals surface area contributed by atoms with Gasteiger partial charge in [-0.1, -0.05) is 64.3 Å². The van der Waals surface area contributed by atoms with E-state index in [1.165, 1.54) is 11.3 Å². The summed E-state index contributed by atoms with van der Waals surface area (Å²) in [4.78, 5) is 55.5. The number of fused-ring (bicyclic) bond motifs is 1. The molecule has 1 fully saturated rings. The van der Waals surface area contributed by atoms with Crippen molar-refractivity contribution >= 4 is 52.5 Å². The number of urea groups is 1. The maximum absolute atomic E-state index is 14.0. The van der Waals surface area contributed by atoms with Crippen molar-refractivity contribution in [2.24, 2.45) is 5.41 Å². The fourth-order valence-corrected chi connectivity index (χ4v) is 5.45. The molecular weight excluding hydrogens is 512 g/mol. The minimum absolute atomic E-state index is 0.0597. The van der Waals surface area contributed by atoms with Gasteiger partial charge >= 0.3 is 6.03 Å². The predicted molar refractivity (Wildman–Crippen MR) is 158 cm³/mol. The van der Waals surface area contributed by atoms with Gasteiger partial charge in [0.05, 0.1) is 17.9 Å². The average molecular weight is 551 g/mol. The summed E-state index contributed by atoms with van der Waals surface area (Å²) in [5.41, 5.74) is 2.22. The first-order valence-electron chi connectivity index (χ1n) is 13.6. The van der Waals surface area contributed by atoms with E-state index >= 15 is 0 Å². The topological polar surface area (TPSA) is 98.8 Å². The summed E-state index contributed by atoms with van der Waals surface area (Å²) in [6, 6.07) is 13.5. The van der Waals surface area contributed by atoms with Crippen LogP contribution in [0.3, 0.4) is 0 Å². The third kappa shape index (κ3) is 7.20. The summed E-state index contributed by atoms with van der Waals surface area (Å²) >= 11 is 3.83. The molecule has 8 nitrogen and oxygen atoms in total. The summed E-state index contributed by atoms with van der Waals surface area (Å²) < 4.78 is 0. The molecule has 1 aliphatic heterocycles. The molecule has 1 aliphatic carbocycles. The van der Waals surface area contributed by atoms with Crippen molar-refractivity contribution in [3.05, 3.63) is 54.1 Å². The molecule has 0 saturated heterocycles. The SMILES string of the molecule is CC(C)(C)C(=O)CN1C(=O)[C@H](NC(=O)Nc2cccc(CC(=O)S)c2)CN(C2CCCCC2)c2ccccc21. The zero-order valence-electron chi connectivity index (χ0n) is 22.9. The van der Waals surface area contributed by atoms with Crippen LogP contribution in [0.2, 0.25) is 0 Å². The Hall–Kier alpha value is -3.33. The second kappa shape index (κ2) is 12.2. The lowest BCUT2D eigenvalue weighted by Crippen LogP contribution is -2.55. The molecule has 2 aromatic carbocycles. The van der Waals surface area contributed by atoms with Crippen LogP contribution in [-0.4, -0.2) is 48.0 Å². The van der Waals surface area contributed by atoms with Crippen molar-refractivity contribution < 1.29 is 19.2 Å². The Morgan fingerprint density at radius 3 is 2.33 bits per heavy atom. The van der Waals surface area contributed by atoms with Crippen molar-refractivity contribution in [2.45, 2.75) is 71.4 Å². The van der Waals surface area contributed by atoms with E-state index in [1.807, 2.05) is 45.0 Å². The first kappa shape index (κ1) is 28.7. The zero-order chi connectivity index (χ0) is 28.2. The van der Waals surface area contributed by atoms with Crippen molar-refractivity contribution in [3.63, 3.8) is 0 Å². The normalized spacial score (nSPS) is 18.3. The molecule has 0 unspecified atom stereocenters. The molecule has 1 heterocycles. The number of nitrogens with one attached hydrogen (secondary N) is 2. The molecule has 208 valence electrons. The Morgan fingerprint density at radius 1 is 0.974 bits per heavy atom. The zero-order valence-corrected chi connectivity index (χ0v) is 23.8. The van der Waals surface area contributed by atoms with E-state index in [0.29, 0.717) is 17.9 Å². The van der Waals surface area contributed by atoms with Crippen molar-refractivity contribution in [1.82, 2.24) is 5.32 Å². The fourth-order valence-electron chi connectivity index (χ4n) is 5.26. The highest BCUT2D eigenvalue weighted by molar-refractivity contribution is 7.96. The summed E-state index contributed by atoms with van der Waals surface area (Å²) in [5, 5.41) is 5.41. The van der Waals surface area contributed by atoms with E-state index in [4.69, 9.17) is 0 Å². The van der Waals surface area contributed by atoms with Gasteiger partial charge in [0.2, 0.25) is 0 Å². The highest BCUT2D eigenvalue weighted by Crippen LogP contribution is 2.37. The second-order valence-electron chi connectivity index (χ2n) is 11.5. The lowest BCUT2D eigenvalue weighted by atomic mass is 9.90. The van der Waals surface area contributed by atoms with Gasteiger partial charge in [-0.3, -0.25) is 14.4 Å². The van der Waals surface area contributed by atoms with Crippen LogP contribution in [0.4, 0.5) is 21.9 Å². The van der Waals surface area contributed by atoms with E-state index in [1.54, 1.807) is 24.3 Å². The van der Waals surface area contributed by atoms with Crippen LogP contribution in [0.1, 0.15) is 58.4 Å². The van der Waals surface area contributed by atoms with Gasteiger partial charge in [-0.05, 0) is 42.7 Å². The summed E-state index contributed by atoms with van der Waals surface area (Å²) in [5.74, 6) is -0.376. The number of benzene rings is 2. The monoisotopic (exact) mass is 550 g/mol. The molecule has 0 radical (unpaired) electrons. The Morgan fingerprint density at radius 2 is 1.67 bits per heavy atom. The molecule has 2 aromatic rings. The number of para-hydroxylation sites is 2. The standard InChI is InChI=1S/C30H38N4O4S/c1-30(2,3)26(35)19-34-25-15-8-7-14-24(25)33(22-12-5-4-6-13-22)18-23(28(34)37)32-29(38)31-21-11-9-10-20(16-21)17-27(36)39/h7-11,14-16,22-23H,4-6,12-13,17-19H2,1-3H3,(H,36,39)(H2,31,32,38)/t23-/m1/s1. The van der Waals surface area contributed by atoms with Gasteiger partial charge in [0.1, 0.15) is 6.04 Å². The number of hydrogen-bond acceptors (Lipinski definition) is 5. The lowest BCUT2D eigenvalue weighted by molar-refractivity contribution is -0.127. The summed E-state index contributed by atoms with van der Waals surface area (Å²) in [6.07, 6.45) is 5.60. The van der Waals surface area contributed by atoms with E-state index in [9.17, 15) is 19.2 Å². The smallest absolute Gasteiger partial charge is 0.319 e. The van der Waals surface area contributed by atoms with E-state index in [-0.39, 0.29) is 35.8 Å². The van der Waals surface area contributed by atoms with Crippen LogP contribution < -0.4 is 20.4 Å². The molecule has 1 saturated carbocycles. The molecule has 0 spiro atoms. The van der Waals surface area contributed by atoms with Gasteiger partial charge in [-0.2, -0.15) is 0 Å². The van der Waals surface area contributed by atoms with Crippen molar-refractivity contribution in [2.75, 3.05) is 28.2 Å². The Balaban J connectivity index is 1.63. The number of ketones is 1. The third-order valence-corrected chi connectivity index (χ3v) is 7.58. The van der Waals surface area contributed by atoms with E-state index in [2.05, 4.69) is 28.2 Å². The van der Waals surface area contributed by atoms with Gasteiger partial charge in [0.25, 0.3) is 5.91 Å². The fraction of sp³-hybridized carbons (Fsp3) is 0.467. The number of thiol groups is 1. The second-order valence-corrected chi connectivity index (χ2v) is 12.0. The molecule has 3 amide bonds. The van der Waals surface area contributed by atoms with Gasteiger partial charge in [0.15, 0.2) is 10.9 Å². The van der Waals surface area contributed by atoms with Gasteiger partial charge in [0, 0.05) is 30.1 Å². The highest BCUT2D eigenvalue weighted by Gasteiger charge is 2.39. The van der Waals surface area contributed by atoms with Crippen LogP contribution in [0.25, 0.3) is 0 Å². The van der Waals surface area contributed by atoms with Gasteiger partial charge in [-0.15, -0.1) is 12.6 Å². The predicted octanol–water partition coefficient (Wildman–Crippen LogP) is 4.98. The third-order valence-electron chi connectivity index (χ3n) is 7.42. The first-order chi connectivity index (χ1) is 18.5. The number of hydrogen-bond donors (Lipinski definition) is 3. The van der Waals surface area contributed by atoms with Gasteiger partial charge in [-0.25, -0.2) is 4.79 Å². The quantitative estimate of drug-likeness (QED) is 0.423. The van der Waals surface area contributed by atoms with E-state index < -0.39 is 17.5 Å². The number of carbonyl (C=O) groups is 4. The lowest BCUT2D eigenvalue weighted by Gasteiger charge is -2.37. The minimum atomic E-state index is -0.866.